The van der Waals surface area contributed by atoms with E-state index in [-0.39, 0.29) is 60.9 Å². The topological polar surface area (TPSA) is 200 Å². The van der Waals surface area contributed by atoms with Crippen molar-refractivity contribution in [3.8, 4) is 23.7 Å². The number of nitrogens with one attached hydrogen (secondary N) is 6. The van der Waals surface area contributed by atoms with Gasteiger partial charge in [0.05, 0.1) is 36.4 Å². The van der Waals surface area contributed by atoms with Gasteiger partial charge < -0.3 is 51.2 Å². The molecule has 2 aromatic rings. The molecule has 6 amide bonds. The molecule has 2 aliphatic heterocycles. The van der Waals surface area contributed by atoms with E-state index in [2.05, 4.69) is 67.7 Å². The van der Waals surface area contributed by atoms with Crippen molar-refractivity contribution in [2.24, 2.45) is 10.8 Å². The maximum absolute atomic E-state index is 14.2. The van der Waals surface area contributed by atoms with E-state index in [1.807, 2.05) is 77.9 Å². The molecule has 2 fully saturated rings. The molecule has 16 nitrogen and oxygen atoms in total. The largest absolute Gasteiger partial charge is 0.363 e. The second kappa shape index (κ2) is 24.8. The Balaban J connectivity index is 1.07. The quantitative estimate of drug-likeness (QED) is 0.135. The highest BCUT2D eigenvalue weighted by Crippen LogP contribution is 2.35. The molecule has 2 aliphatic carbocycles. The molecule has 0 bridgehead atoms. The van der Waals surface area contributed by atoms with Gasteiger partial charge in [-0.05, 0) is 124 Å². The number of carbonyl (C=O) groups is 6. The summed E-state index contributed by atoms with van der Waals surface area (Å²) in [5, 5.41) is 18.2. The lowest BCUT2D eigenvalue weighted by molar-refractivity contribution is -0.144. The van der Waals surface area contributed by atoms with Gasteiger partial charge in [-0.3, -0.25) is 28.8 Å². The van der Waals surface area contributed by atoms with Crippen LogP contribution in [0.1, 0.15) is 128 Å². The first kappa shape index (κ1) is 55.5. The highest BCUT2D eigenvalue weighted by Gasteiger charge is 2.45. The summed E-state index contributed by atoms with van der Waals surface area (Å²) in [4.78, 5) is 85.7. The van der Waals surface area contributed by atoms with Crippen molar-refractivity contribution in [3.63, 3.8) is 0 Å². The lowest BCUT2D eigenvalue weighted by Crippen LogP contribution is -2.59. The highest BCUT2D eigenvalue weighted by atomic mass is 16.5. The summed E-state index contributed by atoms with van der Waals surface area (Å²) in [6.45, 7) is 15.9. The Morgan fingerprint density at radius 1 is 0.597 bits per heavy atom. The van der Waals surface area contributed by atoms with Gasteiger partial charge in [0.2, 0.25) is 35.4 Å². The predicted molar refractivity (Wildman–Crippen MR) is 276 cm³/mol. The number of benzene rings is 2. The smallest absolute Gasteiger partial charge is 0.246 e. The standard InChI is InChI=1S/C56H78N8O8/c1-35(57-9)49(65)61-47(55(3,4)5)53(69)63-31-19-25-41(63)51(67)59-45-39-23-15-13-21-37(39)27-29-43(45)71-33-17-11-12-18-34-72-44-30-28-38-22-14-16-24-40(38)46(44)60-52(68)42-26-20-32-64(42)54(70)48(56(6,7)8)62-50(66)36(2)58-10/h13-16,21-24,35-36,41-48,57-58H,19-20,25-34H2,1-10H3,(H,59,67)(H,60,68)(H,61,65)(H,62,66)/t35-,36-,41-,42-,43+,44+,45+,46+,47+,48+/m0/s1. The molecule has 390 valence electrons. The van der Waals surface area contributed by atoms with E-state index in [4.69, 9.17) is 9.47 Å². The monoisotopic (exact) mass is 991 g/mol. The van der Waals surface area contributed by atoms with Crippen molar-refractivity contribution in [1.82, 2.24) is 41.7 Å². The number of amides is 6. The van der Waals surface area contributed by atoms with Gasteiger partial charge in [-0.2, -0.15) is 0 Å². The molecule has 6 rings (SSSR count). The summed E-state index contributed by atoms with van der Waals surface area (Å²) in [6, 6.07) is 11.0. The van der Waals surface area contributed by atoms with Crippen LogP contribution in [0.15, 0.2) is 48.5 Å². The fourth-order valence-electron chi connectivity index (χ4n) is 10.1. The van der Waals surface area contributed by atoms with Gasteiger partial charge >= 0.3 is 0 Å². The van der Waals surface area contributed by atoms with Gasteiger partial charge in [-0.25, -0.2) is 0 Å². The van der Waals surface area contributed by atoms with Gasteiger partial charge in [0.25, 0.3) is 0 Å². The summed E-state index contributed by atoms with van der Waals surface area (Å²) in [6.07, 6.45) is 4.42. The molecular formula is C56H78N8O8. The molecule has 0 unspecified atom stereocenters. The molecule has 0 saturated carbocycles. The summed E-state index contributed by atoms with van der Waals surface area (Å²) < 4.78 is 12.7. The third kappa shape index (κ3) is 13.6. The first-order valence-electron chi connectivity index (χ1n) is 25.8. The predicted octanol–water partition coefficient (Wildman–Crippen LogP) is 3.63. The average Bonchev–Trinajstić information content (AvgIpc) is 4.07. The van der Waals surface area contributed by atoms with Crippen molar-refractivity contribution in [2.45, 2.75) is 167 Å². The third-order valence-electron chi connectivity index (χ3n) is 14.6. The average molecular weight is 991 g/mol. The van der Waals surface area contributed by atoms with Crippen molar-refractivity contribution >= 4 is 35.4 Å². The Labute approximate surface area is 427 Å². The van der Waals surface area contributed by atoms with Crippen LogP contribution in [-0.2, 0) is 51.1 Å². The van der Waals surface area contributed by atoms with Crippen LogP contribution in [0.25, 0.3) is 0 Å². The molecule has 0 aromatic heterocycles. The number of rotatable bonds is 16. The minimum absolute atomic E-state index is 0.0763. The highest BCUT2D eigenvalue weighted by molar-refractivity contribution is 5.95. The number of hydrogen-bond donors (Lipinski definition) is 6. The SMILES string of the molecule is CN[C@@H](C)C(=O)N[C@H](C(=O)N1CCC[C@H]1C(=O)N[C@@H]1c2ccccc2CC[C@H]1OCC#CC#CCO[C@@H]1CCc2ccccc2[C@H]1NC(=O)[C@@H]1CCCN1C(=O)[C@@H](NC(=O)[C@H](C)NC)C(C)(C)C)C(C)(C)C. The molecule has 2 aromatic carbocycles. The molecule has 2 heterocycles. The Morgan fingerprint density at radius 2 is 0.972 bits per heavy atom. The zero-order chi connectivity index (χ0) is 52.3. The summed E-state index contributed by atoms with van der Waals surface area (Å²) in [5.74, 6) is 10.1. The van der Waals surface area contributed by atoms with Crippen molar-refractivity contribution in [3.05, 3.63) is 70.8 Å². The van der Waals surface area contributed by atoms with Crippen LogP contribution in [0, 0.1) is 34.5 Å². The van der Waals surface area contributed by atoms with Crippen LogP contribution in [0.4, 0.5) is 0 Å². The Hall–Kier alpha value is -5.78. The summed E-state index contributed by atoms with van der Waals surface area (Å²) in [5.41, 5.74) is 2.99. The van der Waals surface area contributed by atoms with E-state index in [0.29, 0.717) is 51.6 Å². The maximum atomic E-state index is 14.2. The zero-order valence-corrected chi connectivity index (χ0v) is 44.0. The number of likely N-dealkylation sites (N-methyl/N-ethyl adjacent to an activating group) is 2. The first-order valence-corrected chi connectivity index (χ1v) is 25.8. The van der Waals surface area contributed by atoms with Crippen LogP contribution < -0.4 is 31.9 Å². The van der Waals surface area contributed by atoms with Crippen molar-refractivity contribution in [2.75, 3.05) is 40.4 Å². The van der Waals surface area contributed by atoms with Gasteiger partial charge in [0.1, 0.15) is 37.4 Å². The second-order valence-corrected chi connectivity index (χ2v) is 21.8. The minimum Gasteiger partial charge on any atom is -0.363 e. The van der Waals surface area contributed by atoms with E-state index in [1.165, 1.54) is 0 Å². The number of aryl methyl sites for hydroxylation is 2. The van der Waals surface area contributed by atoms with E-state index < -0.39 is 59.2 Å². The first-order chi connectivity index (χ1) is 34.2. The number of fused-ring (bicyclic) bond motifs is 2. The summed E-state index contributed by atoms with van der Waals surface area (Å²) in [7, 11) is 3.38. The van der Waals surface area contributed by atoms with Crippen molar-refractivity contribution in [1.29, 1.82) is 0 Å². The fraction of sp³-hybridized carbons (Fsp3) is 0.607. The van der Waals surface area contributed by atoms with Crippen LogP contribution in [-0.4, -0.2) is 134 Å². The molecular weight excluding hydrogens is 913 g/mol. The van der Waals surface area contributed by atoms with Gasteiger partial charge in [-0.1, -0.05) is 102 Å². The molecule has 2 saturated heterocycles. The maximum Gasteiger partial charge on any atom is 0.246 e. The molecule has 6 N–H and O–H groups in total. The van der Waals surface area contributed by atoms with E-state index in [1.54, 1.807) is 37.7 Å². The molecule has 72 heavy (non-hydrogen) atoms. The van der Waals surface area contributed by atoms with Crippen LogP contribution in [0.2, 0.25) is 0 Å². The minimum atomic E-state index is -0.820. The molecule has 16 heteroatoms. The number of likely N-dealkylation sites (tertiary alicyclic amines) is 2. The molecule has 10 atom stereocenters. The number of nitrogens with zero attached hydrogens (tertiary/aromatic N) is 2. The molecule has 0 radical (unpaired) electrons. The van der Waals surface area contributed by atoms with Gasteiger partial charge in [0, 0.05) is 13.1 Å². The van der Waals surface area contributed by atoms with Gasteiger partial charge in [0.15, 0.2) is 0 Å². The number of carbonyl (C=O) groups excluding carboxylic acids is 6. The zero-order valence-electron chi connectivity index (χ0n) is 44.0. The Kier molecular flexibility index (Phi) is 19.1. The second-order valence-electron chi connectivity index (χ2n) is 21.8. The van der Waals surface area contributed by atoms with Crippen LogP contribution in [0.3, 0.4) is 0 Å². The lowest BCUT2D eigenvalue weighted by atomic mass is 9.85. The lowest BCUT2D eigenvalue weighted by Gasteiger charge is -2.37. The molecule has 0 spiro atoms. The van der Waals surface area contributed by atoms with E-state index in [0.717, 1.165) is 35.1 Å². The van der Waals surface area contributed by atoms with Crippen LogP contribution >= 0.6 is 0 Å². The number of ether oxygens (including phenoxy) is 2. The third-order valence-corrected chi connectivity index (χ3v) is 14.6. The fourth-order valence-corrected chi connectivity index (χ4v) is 10.1. The van der Waals surface area contributed by atoms with E-state index in [9.17, 15) is 28.8 Å². The summed E-state index contributed by atoms with van der Waals surface area (Å²) >= 11 is 0. The Bertz CT molecular complexity index is 2240. The van der Waals surface area contributed by atoms with Crippen LogP contribution in [0.5, 0.6) is 0 Å². The Morgan fingerprint density at radius 3 is 1.33 bits per heavy atom. The number of hydrogen-bond acceptors (Lipinski definition) is 10. The van der Waals surface area contributed by atoms with Crippen molar-refractivity contribution < 1.29 is 38.2 Å². The van der Waals surface area contributed by atoms with Gasteiger partial charge in [-0.15, -0.1) is 0 Å². The normalized spacial score (nSPS) is 23.3. The molecule has 4 aliphatic rings. The van der Waals surface area contributed by atoms with E-state index >= 15 is 0 Å².